The van der Waals surface area contributed by atoms with Gasteiger partial charge in [0.15, 0.2) is 0 Å². The van der Waals surface area contributed by atoms with Crippen LogP contribution < -0.4 is 31.1 Å². The fourth-order valence-corrected chi connectivity index (χ4v) is 14.6. The van der Waals surface area contributed by atoms with Gasteiger partial charge in [0.25, 0.3) is 6.71 Å². The maximum atomic E-state index is 2.84. The van der Waals surface area contributed by atoms with Crippen molar-refractivity contribution in [3.8, 4) is 33.4 Å². The molecule has 0 saturated heterocycles. The highest BCUT2D eigenvalue weighted by Gasteiger charge is 2.58. The molecule has 0 N–H and O–H groups in total. The molecule has 1 saturated carbocycles. The van der Waals surface area contributed by atoms with Crippen LogP contribution in [0.5, 0.6) is 0 Å². The molecule has 82 heavy (non-hydrogen) atoms. The van der Waals surface area contributed by atoms with E-state index < -0.39 is 0 Å². The molecule has 2 atom stereocenters. The van der Waals surface area contributed by atoms with E-state index in [4.69, 9.17) is 0 Å². The molecule has 412 valence electrons. The van der Waals surface area contributed by atoms with Crippen LogP contribution in [0, 0.1) is 0 Å². The molecule has 4 aliphatic rings. The summed E-state index contributed by atoms with van der Waals surface area (Å²) in [6.07, 6.45) is 4.68. The van der Waals surface area contributed by atoms with Gasteiger partial charge >= 0.3 is 0 Å². The second kappa shape index (κ2) is 19.0. The summed E-state index contributed by atoms with van der Waals surface area (Å²) < 4.78 is 0. The number of anilines is 8. The Morgan fingerprint density at radius 1 is 0.354 bits per heavy atom. The molecule has 0 amide bonds. The molecule has 4 heteroatoms. The van der Waals surface area contributed by atoms with Gasteiger partial charge in [-0.15, -0.1) is 0 Å². The van der Waals surface area contributed by atoms with Crippen molar-refractivity contribution in [1.29, 1.82) is 0 Å². The predicted octanol–water partition coefficient (Wildman–Crippen LogP) is 19.7. The molecular weight excluding hydrogens is 990 g/mol. The van der Waals surface area contributed by atoms with Crippen molar-refractivity contribution < 1.29 is 0 Å². The second-order valence-electron chi connectivity index (χ2n) is 29.0. The predicted molar refractivity (Wildman–Crippen MR) is 354 cm³/mol. The number of benzene rings is 9. The smallest absolute Gasteiger partial charge is 0.252 e. The molecule has 0 bridgehead atoms. The van der Waals surface area contributed by atoms with E-state index >= 15 is 0 Å². The third-order valence-electron chi connectivity index (χ3n) is 19.6. The number of fused-ring (bicyclic) bond motifs is 7. The van der Waals surface area contributed by atoms with Crippen LogP contribution in [0.4, 0.5) is 45.5 Å². The summed E-state index contributed by atoms with van der Waals surface area (Å²) in [6, 6.07) is 75.7. The van der Waals surface area contributed by atoms with Crippen molar-refractivity contribution in [3.05, 3.63) is 222 Å². The maximum absolute atomic E-state index is 2.84. The fraction of sp³-hybridized carbons (Fsp3) is 0.308. The Morgan fingerprint density at radius 3 is 1.32 bits per heavy atom. The highest BCUT2D eigenvalue weighted by Crippen LogP contribution is 2.63. The summed E-state index contributed by atoms with van der Waals surface area (Å²) >= 11 is 0. The Balaban J connectivity index is 1.21. The van der Waals surface area contributed by atoms with Crippen molar-refractivity contribution in [2.24, 2.45) is 0 Å². The zero-order valence-corrected chi connectivity index (χ0v) is 51.2. The number of rotatable bonds is 6. The molecule has 9 aromatic rings. The van der Waals surface area contributed by atoms with Crippen LogP contribution in [0.3, 0.4) is 0 Å². The highest BCUT2D eigenvalue weighted by molar-refractivity contribution is 7.00. The number of nitrogens with zero attached hydrogens (tertiary/aromatic N) is 3. The summed E-state index contributed by atoms with van der Waals surface area (Å²) in [7, 11) is 0. The SMILES string of the molecule is CC(C)(C)c1ccc(N2c3ccc(-c4ccccc4)cc3B3c4ccc(C(C)(C)C)cc4N(c4ccc(C(C)(C)C)cc4-c4ccccc4)c4cc(N5c6ccc(C(C)(C)C)cc6C6(C)CCCCC56C)cc2c43)c(-c2ccccc2)c1. The first-order chi connectivity index (χ1) is 38.9. The van der Waals surface area contributed by atoms with Crippen LogP contribution in [0.25, 0.3) is 33.4 Å². The average Bonchev–Trinajstić information content (AvgIpc) is 1.42. The molecule has 13 rings (SSSR count). The lowest BCUT2D eigenvalue weighted by molar-refractivity contribution is 0.195. The quantitative estimate of drug-likeness (QED) is 0.154. The van der Waals surface area contributed by atoms with Crippen molar-refractivity contribution in [3.63, 3.8) is 0 Å². The third kappa shape index (κ3) is 8.59. The normalized spacial score (nSPS) is 18.4. The van der Waals surface area contributed by atoms with Gasteiger partial charge in [-0.3, -0.25) is 0 Å². The van der Waals surface area contributed by atoms with Gasteiger partial charge in [-0.2, -0.15) is 0 Å². The minimum atomic E-state index is -0.198. The van der Waals surface area contributed by atoms with E-state index in [1.165, 1.54) is 136 Å². The first kappa shape index (κ1) is 53.7. The molecule has 3 nitrogen and oxygen atoms in total. The van der Waals surface area contributed by atoms with Crippen LogP contribution in [0.15, 0.2) is 194 Å². The maximum Gasteiger partial charge on any atom is 0.252 e. The monoisotopic (exact) mass is 1070 g/mol. The summed E-state index contributed by atoms with van der Waals surface area (Å²) in [5, 5.41) is 0. The van der Waals surface area contributed by atoms with E-state index in [-0.39, 0.29) is 39.3 Å². The summed E-state index contributed by atoms with van der Waals surface area (Å²) in [6.45, 7) is 33.4. The lowest BCUT2D eigenvalue weighted by atomic mass is 9.33. The largest absolute Gasteiger partial charge is 0.334 e. The lowest BCUT2D eigenvalue weighted by Gasteiger charge is -2.51. The van der Waals surface area contributed by atoms with Gasteiger partial charge in [0.05, 0.1) is 16.9 Å². The Bertz CT molecular complexity index is 3960. The van der Waals surface area contributed by atoms with Crippen LogP contribution in [-0.4, -0.2) is 12.3 Å². The van der Waals surface area contributed by atoms with Crippen LogP contribution in [0.1, 0.15) is 150 Å². The van der Waals surface area contributed by atoms with Crippen LogP contribution in [0.2, 0.25) is 0 Å². The van der Waals surface area contributed by atoms with Crippen molar-refractivity contribution >= 4 is 68.6 Å². The zero-order valence-electron chi connectivity index (χ0n) is 51.2. The standard InChI is InChI=1S/C78H82BN3/c1-73(2,3)55-34-39-65(60(45-55)52-28-20-16-21-29-52)80-68-38-32-54(51-26-18-15-19-27-51)44-64(68)79-63-37-33-58(76(10,11)12)48-69(63)81(66-40-35-56(74(4,5)6)46-61(66)53-30-22-17-23-31-53)71-50-59(49-70(80)72(71)79)82-67-41-36-57(75(7,8)9)47-62(67)77(13)42-24-25-43-78(77,82)14/h15-23,26-41,44-50H,24-25,42-43H2,1-14H3. The number of hydrogen-bond donors (Lipinski definition) is 0. The van der Waals surface area contributed by atoms with E-state index in [0.29, 0.717) is 0 Å². The van der Waals surface area contributed by atoms with Gasteiger partial charge < -0.3 is 14.7 Å². The minimum Gasteiger partial charge on any atom is -0.334 e. The van der Waals surface area contributed by atoms with Crippen LogP contribution >= 0.6 is 0 Å². The molecule has 3 heterocycles. The summed E-state index contributed by atoms with van der Waals surface area (Å²) in [5.74, 6) is 0. The fourth-order valence-electron chi connectivity index (χ4n) is 14.6. The Kier molecular flexibility index (Phi) is 12.4. The van der Waals surface area contributed by atoms with Crippen molar-refractivity contribution in [1.82, 2.24) is 0 Å². The topological polar surface area (TPSA) is 9.72 Å². The van der Waals surface area contributed by atoms with E-state index in [9.17, 15) is 0 Å². The van der Waals surface area contributed by atoms with Gasteiger partial charge in [-0.05, 0) is 162 Å². The average molecular weight is 1070 g/mol. The molecule has 0 aromatic heterocycles. The van der Waals surface area contributed by atoms with Gasteiger partial charge in [0.1, 0.15) is 0 Å². The van der Waals surface area contributed by atoms with Crippen LogP contribution in [-0.2, 0) is 27.1 Å². The minimum absolute atomic E-state index is 0.0148. The lowest BCUT2D eigenvalue weighted by Crippen LogP contribution is -2.61. The molecule has 1 aliphatic carbocycles. The van der Waals surface area contributed by atoms with Crippen molar-refractivity contribution in [2.45, 2.75) is 155 Å². The third-order valence-corrected chi connectivity index (χ3v) is 19.6. The van der Waals surface area contributed by atoms with E-state index in [1.807, 2.05) is 0 Å². The highest BCUT2D eigenvalue weighted by atomic mass is 15.3. The first-order valence-electron chi connectivity index (χ1n) is 30.4. The Hall–Kier alpha value is -7.56. The second-order valence-corrected chi connectivity index (χ2v) is 29.0. The molecule has 9 aromatic carbocycles. The van der Waals surface area contributed by atoms with E-state index in [2.05, 4.69) is 306 Å². The van der Waals surface area contributed by atoms with Gasteiger partial charge in [-0.25, -0.2) is 0 Å². The number of hydrogen-bond acceptors (Lipinski definition) is 3. The van der Waals surface area contributed by atoms with Gasteiger partial charge in [0, 0.05) is 50.7 Å². The van der Waals surface area contributed by atoms with E-state index in [0.717, 1.165) is 12.8 Å². The van der Waals surface area contributed by atoms with Crippen molar-refractivity contribution in [2.75, 3.05) is 14.7 Å². The molecular formula is C78H82BN3. The van der Waals surface area contributed by atoms with E-state index in [1.54, 1.807) is 0 Å². The molecule has 3 aliphatic heterocycles. The Morgan fingerprint density at radius 2 is 0.793 bits per heavy atom. The summed E-state index contributed by atoms with van der Waals surface area (Å²) in [4.78, 5) is 8.24. The molecule has 2 unspecified atom stereocenters. The summed E-state index contributed by atoms with van der Waals surface area (Å²) in [5.41, 5.74) is 27.5. The van der Waals surface area contributed by atoms with Gasteiger partial charge in [-0.1, -0.05) is 242 Å². The molecule has 0 spiro atoms. The first-order valence-corrected chi connectivity index (χ1v) is 30.4. The molecule has 1 fully saturated rings. The van der Waals surface area contributed by atoms with Gasteiger partial charge in [0.2, 0.25) is 0 Å². The molecule has 0 radical (unpaired) electrons. The zero-order chi connectivity index (χ0) is 57.5. The Labute approximate surface area is 491 Å².